The highest BCUT2D eigenvalue weighted by Gasteiger charge is 1.97. The number of para-hydroxylation sites is 1. The highest BCUT2D eigenvalue weighted by Crippen LogP contribution is 2.21. The van der Waals surface area contributed by atoms with Crippen LogP contribution in [0.15, 0.2) is 59.8 Å². The van der Waals surface area contributed by atoms with E-state index in [1.807, 2.05) is 47.9 Å². The molecule has 0 radical (unpaired) electrons. The second-order valence-corrected chi connectivity index (χ2v) is 3.77. The van der Waals surface area contributed by atoms with Crippen LogP contribution in [0.1, 0.15) is 5.56 Å². The first-order chi connectivity index (χ1) is 7.97. The van der Waals surface area contributed by atoms with Gasteiger partial charge in [0.15, 0.2) is 0 Å². The maximum atomic E-state index is 5.31. The highest BCUT2D eigenvalue weighted by molar-refractivity contribution is 7.07. The Hall–Kier alpha value is -1.87. The van der Waals surface area contributed by atoms with E-state index in [1.54, 1.807) is 29.3 Å². The summed E-state index contributed by atoms with van der Waals surface area (Å²) in [6.45, 7) is 0. The third-order valence-corrected chi connectivity index (χ3v) is 2.45. The van der Waals surface area contributed by atoms with E-state index in [1.165, 1.54) is 0 Å². The van der Waals surface area contributed by atoms with Crippen molar-refractivity contribution in [2.45, 2.75) is 0 Å². The Balaban J connectivity index is 0.000000162. The average Bonchev–Trinajstić information content (AvgIpc) is 2.81. The van der Waals surface area contributed by atoms with E-state index < -0.39 is 0 Å². The molecule has 2 nitrogen and oxygen atoms in total. The van der Waals surface area contributed by atoms with E-state index in [-0.39, 0.29) is 0 Å². The number of aromatic nitrogens is 1. The van der Waals surface area contributed by atoms with Gasteiger partial charge in [0.05, 0.1) is 11.8 Å². The van der Waals surface area contributed by atoms with Crippen molar-refractivity contribution in [1.29, 1.82) is 0 Å². The molecule has 1 aliphatic rings. The maximum Gasteiger partial charge on any atom is 0.133 e. The Labute approximate surface area is 98.5 Å². The first-order valence-electron chi connectivity index (χ1n) is 4.88. The van der Waals surface area contributed by atoms with Gasteiger partial charge in [-0.1, -0.05) is 30.4 Å². The molecule has 0 saturated carbocycles. The van der Waals surface area contributed by atoms with Crippen LogP contribution < -0.4 is 4.74 Å². The van der Waals surface area contributed by atoms with Gasteiger partial charge in [0.25, 0.3) is 0 Å². The van der Waals surface area contributed by atoms with Crippen LogP contribution in [0.5, 0.6) is 5.75 Å². The van der Waals surface area contributed by atoms with Gasteiger partial charge in [-0.2, -0.15) is 0 Å². The summed E-state index contributed by atoms with van der Waals surface area (Å²) in [5.74, 6) is 0.914. The topological polar surface area (TPSA) is 22.1 Å². The molecule has 0 aliphatic carbocycles. The van der Waals surface area contributed by atoms with Gasteiger partial charge in [0.2, 0.25) is 0 Å². The van der Waals surface area contributed by atoms with E-state index in [4.69, 9.17) is 4.74 Å². The average molecular weight is 229 g/mol. The Kier molecular flexibility index (Phi) is 3.91. The summed E-state index contributed by atoms with van der Waals surface area (Å²) >= 11 is 1.60. The lowest BCUT2D eigenvalue weighted by molar-refractivity contribution is 0.481. The minimum absolute atomic E-state index is 0.914. The molecule has 3 rings (SSSR count). The van der Waals surface area contributed by atoms with Crippen molar-refractivity contribution >= 4 is 17.4 Å². The van der Waals surface area contributed by atoms with Gasteiger partial charge in [-0.25, -0.2) is 0 Å². The number of hydrogen-bond acceptors (Lipinski definition) is 3. The van der Waals surface area contributed by atoms with Crippen LogP contribution in [-0.4, -0.2) is 4.98 Å². The summed E-state index contributed by atoms with van der Waals surface area (Å²) in [6.07, 6.45) is 9.32. The molecule has 0 fully saturated rings. The number of allylic oxidation sites excluding steroid dienone is 2. The largest absolute Gasteiger partial charge is 0.464 e. The van der Waals surface area contributed by atoms with E-state index >= 15 is 0 Å². The Morgan fingerprint density at radius 2 is 2.06 bits per heavy atom. The predicted octanol–water partition coefficient (Wildman–Crippen LogP) is 3.75. The molecule has 0 unspecified atom stereocenters. The molecule has 0 spiro atoms. The predicted molar refractivity (Wildman–Crippen MR) is 67.4 cm³/mol. The van der Waals surface area contributed by atoms with Crippen LogP contribution >= 0.6 is 11.3 Å². The number of benzene rings is 1. The van der Waals surface area contributed by atoms with Crippen LogP contribution in [0, 0.1) is 0 Å². The van der Waals surface area contributed by atoms with Gasteiger partial charge in [0.1, 0.15) is 5.75 Å². The molecule has 0 saturated heterocycles. The van der Waals surface area contributed by atoms with Crippen molar-refractivity contribution in [3.8, 4) is 5.75 Å². The molecule has 1 aromatic heterocycles. The van der Waals surface area contributed by atoms with Gasteiger partial charge in [-0.05, 0) is 12.1 Å². The molecule has 1 aromatic carbocycles. The summed E-state index contributed by atoms with van der Waals surface area (Å²) in [5.41, 5.74) is 2.91. The van der Waals surface area contributed by atoms with Crippen LogP contribution in [0.2, 0.25) is 0 Å². The molecule has 3 heteroatoms. The lowest BCUT2D eigenvalue weighted by Crippen LogP contribution is -1.82. The van der Waals surface area contributed by atoms with E-state index in [0.29, 0.717) is 0 Å². The zero-order chi connectivity index (χ0) is 11.1. The normalized spacial score (nSPS) is 11.8. The molecule has 16 heavy (non-hydrogen) atoms. The summed E-state index contributed by atoms with van der Waals surface area (Å²) in [4.78, 5) is 3.74. The van der Waals surface area contributed by atoms with Crippen molar-refractivity contribution in [2.24, 2.45) is 0 Å². The minimum atomic E-state index is 0.914. The summed E-state index contributed by atoms with van der Waals surface area (Å²) in [7, 11) is 0. The zero-order valence-corrected chi connectivity index (χ0v) is 9.43. The first kappa shape index (κ1) is 10.6. The molecule has 80 valence electrons. The molecular formula is C13H11NOS. The Morgan fingerprint density at radius 1 is 1.12 bits per heavy atom. The highest BCUT2D eigenvalue weighted by atomic mass is 32.1. The molecule has 2 heterocycles. The van der Waals surface area contributed by atoms with Gasteiger partial charge in [0, 0.05) is 17.1 Å². The van der Waals surface area contributed by atoms with Crippen molar-refractivity contribution in [1.82, 2.24) is 4.98 Å². The molecule has 0 atom stereocenters. The fourth-order valence-electron chi connectivity index (χ4n) is 1.22. The van der Waals surface area contributed by atoms with E-state index in [2.05, 4.69) is 4.98 Å². The van der Waals surface area contributed by atoms with Crippen LogP contribution in [0.4, 0.5) is 0 Å². The smallest absolute Gasteiger partial charge is 0.133 e. The zero-order valence-electron chi connectivity index (χ0n) is 8.61. The number of nitrogens with zero attached hydrogens (tertiary/aromatic N) is 1. The van der Waals surface area contributed by atoms with Crippen molar-refractivity contribution in [3.05, 3.63) is 65.3 Å². The molecule has 0 bridgehead atoms. The first-order valence-corrected chi connectivity index (χ1v) is 5.82. The molecule has 0 amide bonds. The maximum absolute atomic E-state index is 5.31. The molecular weight excluding hydrogens is 218 g/mol. The standard InChI is InChI=1S/C10H8O.C3H3NS/c1-2-7-10-9(5-1)6-3-4-8-11-10;1-2-5-3-4-1/h1-8H;1-3H. The van der Waals surface area contributed by atoms with Crippen LogP contribution in [-0.2, 0) is 0 Å². The fraction of sp³-hybridized carbons (Fsp3) is 0. The van der Waals surface area contributed by atoms with Gasteiger partial charge in [-0.3, -0.25) is 4.98 Å². The van der Waals surface area contributed by atoms with E-state index in [9.17, 15) is 0 Å². The van der Waals surface area contributed by atoms with E-state index in [0.717, 1.165) is 11.3 Å². The number of rotatable bonds is 0. The summed E-state index contributed by atoms with van der Waals surface area (Å²) in [5, 5.41) is 1.93. The molecule has 0 N–H and O–H groups in total. The second kappa shape index (κ2) is 5.88. The van der Waals surface area contributed by atoms with Crippen molar-refractivity contribution in [2.75, 3.05) is 0 Å². The fourth-order valence-corrected chi connectivity index (χ4v) is 1.57. The third kappa shape index (κ3) is 3.07. The van der Waals surface area contributed by atoms with Crippen molar-refractivity contribution < 1.29 is 4.74 Å². The van der Waals surface area contributed by atoms with Crippen molar-refractivity contribution in [3.63, 3.8) is 0 Å². The minimum Gasteiger partial charge on any atom is -0.464 e. The summed E-state index contributed by atoms with van der Waals surface area (Å²) in [6, 6.07) is 7.94. The SMILES string of the molecule is C1=COc2ccccc2C=C1.c1cscn1. The van der Waals surface area contributed by atoms with Gasteiger partial charge in [-0.15, -0.1) is 11.3 Å². The Bertz CT molecular complexity index is 457. The molecule has 1 aliphatic heterocycles. The third-order valence-electron chi connectivity index (χ3n) is 1.93. The number of hydrogen-bond donors (Lipinski definition) is 0. The second-order valence-electron chi connectivity index (χ2n) is 3.02. The van der Waals surface area contributed by atoms with Crippen LogP contribution in [0.25, 0.3) is 6.08 Å². The lowest BCUT2D eigenvalue weighted by Gasteiger charge is -2.00. The lowest BCUT2D eigenvalue weighted by atomic mass is 10.2. The Morgan fingerprint density at radius 3 is 2.81 bits per heavy atom. The molecule has 2 aromatic rings. The van der Waals surface area contributed by atoms with Gasteiger partial charge < -0.3 is 4.74 Å². The quantitative estimate of drug-likeness (QED) is 0.686. The van der Waals surface area contributed by atoms with Crippen LogP contribution in [0.3, 0.4) is 0 Å². The number of ether oxygens (including phenoxy) is 1. The monoisotopic (exact) mass is 229 g/mol. The number of fused-ring (bicyclic) bond motifs is 1. The summed E-state index contributed by atoms with van der Waals surface area (Å²) < 4.78 is 5.31. The number of thiazole rings is 1. The van der Waals surface area contributed by atoms with Gasteiger partial charge >= 0.3 is 0 Å².